The summed E-state index contributed by atoms with van der Waals surface area (Å²) in [6, 6.07) is 0. The van der Waals surface area contributed by atoms with Gasteiger partial charge in [-0.25, -0.2) is 0 Å². The molecule has 0 aliphatic carbocycles. The predicted octanol–water partition coefficient (Wildman–Crippen LogP) is 2.68. The summed E-state index contributed by atoms with van der Waals surface area (Å²) in [6.45, 7) is 10.2. The average molecular weight is 173 g/mol. The Hall–Kier alpha value is -0.530. The lowest BCUT2D eigenvalue weighted by atomic mass is 10.4. The number of rotatable bonds is 5. The van der Waals surface area contributed by atoms with Gasteiger partial charge in [0.25, 0.3) is 0 Å². The third-order valence-corrected chi connectivity index (χ3v) is 1.17. The molecule has 0 heterocycles. The molecule has 0 spiro atoms. The molecule has 0 unspecified atom stereocenters. The summed E-state index contributed by atoms with van der Waals surface area (Å²) in [5, 5.41) is 0. The van der Waals surface area contributed by atoms with Gasteiger partial charge < -0.3 is 4.90 Å². The molecule has 0 atom stereocenters. The van der Waals surface area contributed by atoms with Gasteiger partial charge >= 0.3 is 0 Å². The van der Waals surface area contributed by atoms with Gasteiger partial charge in [0.1, 0.15) is 0 Å². The van der Waals surface area contributed by atoms with Crippen LogP contribution in [0.3, 0.4) is 0 Å². The molecule has 0 radical (unpaired) electrons. The van der Waals surface area contributed by atoms with E-state index < -0.39 is 0 Å². The molecular formula is C10H23NO. The van der Waals surface area contributed by atoms with Crippen LogP contribution >= 0.6 is 0 Å². The maximum absolute atomic E-state index is 10.2. The standard InChI is InChI=1S/C7H15NO.C3H8/c1-3-5-8(7-9)6-4-2;1-3-2/h7H,3-6H2,1-2H3;3H2,1-2H3. The molecule has 0 N–H and O–H groups in total. The second-order valence-electron chi connectivity index (χ2n) is 2.85. The van der Waals surface area contributed by atoms with Crippen LogP contribution < -0.4 is 0 Å². The highest BCUT2D eigenvalue weighted by Crippen LogP contribution is 1.88. The van der Waals surface area contributed by atoms with Gasteiger partial charge in [0.05, 0.1) is 0 Å². The van der Waals surface area contributed by atoms with E-state index in [4.69, 9.17) is 0 Å². The van der Waals surface area contributed by atoms with Gasteiger partial charge in [-0.05, 0) is 12.8 Å². The molecule has 0 saturated carbocycles. The van der Waals surface area contributed by atoms with Gasteiger partial charge in [-0.3, -0.25) is 4.79 Å². The predicted molar refractivity (Wildman–Crippen MR) is 54.2 cm³/mol. The smallest absolute Gasteiger partial charge is 0.209 e. The lowest BCUT2D eigenvalue weighted by molar-refractivity contribution is -0.118. The summed E-state index contributed by atoms with van der Waals surface area (Å²) in [5.41, 5.74) is 0. The Balaban J connectivity index is 0. The van der Waals surface area contributed by atoms with E-state index in [1.165, 1.54) is 6.42 Å². The summed E-state index contributed by atoms with van der Waals surface area (Å²) in [5.74, 6) is 0. The fourth-order valence-corrected chi connectivity index (χ4v) is 0.792. The van der Waals surface area contributed by atoms with Crippen molar-refractivity contribution in [3.05, 3.63) is 0 Å². The third kappa shape index (κ3) is 12.2. The van der Waals surface area contributed by atoms with Crippen molar-refractivity contribution in [2.45, 2.75) is 47.0 Å². The Bertz CT molecular complexity index is 77.9. The van der Waals surface area contributed by atoms with Crippen LogP contribution in [0.2, 0.25) is 0 Å². The van der Waals surface area contributed by atoms with Crippen LogP contribution in [0.25, 0.3) is 0 Å². The van der Waals surface area contributed by atoms with E-state index in [-0.39, 0.29) is 0 Å². The number of hydrogen-bond donors (Lipinski definition) is 0. The van der Waals surface area contributed by atoms with Crippen LogP contribution in [-0.4, -0.2) is 24.4 Å². The highest BCUT2D eigenvalue weighted by atomic mass is 16.1. The van der Waals surface area contributed by atoms with Crippen molar-refractivity contribution in [3.8, 4) is 0 Å². The first-order valence-corrected chi connectivity index (χ1v) is 4.95. The summed E-state index contributed by atoms with van der Waals surface area (Å²) in [4.78, 5) is 12.0. The lowest BCUT2D eigenvalue weighted by Gasteiger charge is -2.13. The molecule has 0 saturated heterocycles. The minimum Gasteiger partial charge on any atom is -0.345 e. The summed E-state index contributed by atoms with van der Waals surface area (Å²) in [7, 11) is 0. The Labute approximate surface area is 77.0 Å². The Kier molecular flexibility index (Phi) is 15.3. The Morgan fingerprint density at radius 1 is 1.00 bits per heavy atom. The maximum atomic E-state index is 10.2. The Morgan fingerprint density at radius 3 is 1.50 bits per heavy atom. The van der Waals surface area contributed by atoms with Crippen LogP contribution in [-0.2, 0) is 4.79 Å². The fraction of sp³-hybridized carbons (Fsp3) is 0.900. The van der Waals surface area contributed by atoms with Crippen LogP contribution in [0.5, 0.6) is 0 Å². The molecule has 1 amide bonds. The van der Waals surface area contributed by atoms with Crippen LogP contribution in [0, 0.1) is 0 Å². The summed E-state index contributed by atoms with van der Waals surface area (Å²) in [6.07, 6.45) is 4.28. The number of amides is 1. The minimum atomic E-state index is 0.900. The molecule has 0 aliphatic heterocycles. The van der Waals surface area contributed by atoms with E-state index in [0.29, 0.717) is 0 Å². The van der Waals surface area contributed by atoms with E-state index in [2.05, 4.69) is 27.7 Å². The first-order valence-electron chi connectivity index (χ1n) is 4.95. The van der Waals surface area contributed by atoms with Gasteiger partial charge in [0, 0.05) is 13.1 Å². The van der Waals surface area contributed by atoms with Crippen molar-refractivity contribution in [3.63, 3.8) is 0 Å². The SMILES string of the molecule is CCC.CCCN(C=O)CCC. The van der Waals surface area contributed by atoms with Crippen molar-refractivity contribution in [1.29, 1.82) is 0 Å². The van der Waals surface area contributed by atoms with Crippen molar-refractivity contribution in [2.24, 2.45) is 0 Å². The quantitative estimate of drug-likeness (QED) is 0.585. The molecule has 74 valence electrons. The second kappa shape index (κ2) is 13.1. The zero-order chi connectivity index (χ0) is 9.82. The molecule has 12 heavy (non-hydrogen) atoms. The normalized spacial score (nSPS) is 8.33. The van der Waals surface area contributed by atoms with Crippen molar-refractivity contribution >= 4 is 6.41 Å². The van der Waals surface area contributed by atoms with E-state index in [1.807, 2.05) is 0 Å². The van der Waals surface area contributed by atoms with E-state index >= 15 is 0 Å². The first-order chi connectivity index (χ1) is 5.76. The highest BCUT2D eigenvalue weighted by Gasteiger charge is 1.94. The van der Waals surface area contributed by atoms with Crippen molar-refractivity contribution in [2.75, 3.05) is 13.1 Å². The highest BCUT2D eigenvalue weighted by molar-refractivity contribution is 5.46. The first kappa shape index (κ1) is 14.0. The summed E-state index contributed by atoms with van der Waals surface area (Å²) >= 11 is 0. The van der Waals surface area contributed by atoms with Crippen LogP contribution in [0.4, 0.5) is 0 Å². The second-order valence-corrected chi connectivity index (χ2v) is 2.85. The number of carbonyl (C=O) groups excluding carboxylic acids is 1. The van der Waals surface area contributed by atoms with Gasteiger partial charge in [0.2, 0.25) is 6.41 Å². The number of carbonyl (C=O) groups is 1. The molecular weight excluding hydrogens is 150 g/mol. The van der Waals surface area contributed by atoms with Crippen LogP contribution in [0.15, 0.2) is 0 Å². The van der Waals surface area contributed by atoms with Gasteiger partial charge in [0.15, 0.2) is 0 Å². The summed E-state index contributed by atoms with van der Waals surface area (Å²) < 4.78 is 0. The average Bonchev–Trinajstić information content (AvgIpc) is 2.05. The maximum Gasteiger partial charge on any atom is 0.209 e. The van der Waals surface area contributed by atoms with Crippen molar-refractivity contribution < 1.29 is 4.79 Å². The molecule has 0 aromatic carbocycles. The molecule has 0 aromatic rings. The van der Waals surface area contributed by atoms with Gasteiger partial charge in [-0.15, -0.1) is 0 Å². The number of nitrogens with zero attached hydrogens (tertiary/aromatic N) is 1. The van der Waals surface area contributed by atoms with E-state index in [9.17, 15) is 4.79 Å². The zero-order valence-corrected chi connectivity index (χ0v) is 8.97. The van der Waals surface area contributed by atoms with Gasteiger partial charge in [-0.2, -0.15) is 0 Å². The van der Waals surface area contributed by atoms with Crippen LogP contribution in [0.1, 0.15) is 47.0 Å². The molecule has 2 nitrogen and oxygen atoms in total. The third-order valence-electron chi connectivity index (χ3n) is 1.17. The number of hydrogen-bond acceptors (Lipinski definition) is 1. The molecule has 0 fully saturated rings. The largest absolute Gasteiger partial charge is 0.345 e. The van der Waals surface area contributed by atoms with E-state index in [0.717, 1.165) is 32.3 Å². The monoisotopic (exact) mass is 173 g/mol. The van der Waals surface area contributed by atoms with Gasteiger partial charge in [-0.1, -0.05) is 34.1 Å². The molecule has 0 aliphatic rings. The fourth-order valence-electron chi connectivity index (χ4n) is 0.792. The molecule has 0 bridgehead atoms. The zero-order valence-electron chi connectivity index (χ0n) is 8.97. The molecule has 0 aromatic heterocycles. The van der Waals surface area contributed by atoms with E-state index in [1.54, 1.807) is 4.90 Å². The Morgan fingerprint density at radius 2 is 1.33 bits per heavy atom. The lowest BCUT2D eigenvalue weighted by Crippen LogP contribution is -2.23. The topological polar surface area (TPSA) is 20.3 Å². The molecule has 0 rings (SSSR count). The van der Waals surface area contributed by atoms with Crippen molar-refractivity contribution in [1.82, 2.24) is 4.90 Å². The minimum absolute atomic E-state index is 0.900. The molecule has 2 heteroatoms.